The molecule has 158 valence electrons. The van der Waals surface area contributed by atoms with Crippen LogP contribution in [0.4, 0.5) is 5.82 Å². The van der Waals surface area contributed by atoms with Crippen LogP contribution in [0.3, 0.4) is 0 Å². The van der Waals surface area contributed by atoms with Crippen LogP contribution in [0.15, 0.2) is 42.6 Å². The number of likely N-dealkylation sites (tertiary alicyclic amines) is 1. The van der Waals surface area contributed by atoms with E-state index in [1.165, 1.54) is 0 Å². The summed E-state index contributed by atoms with van der Waals surface area (Å²) >= 11 is 1.58. The monoisotopic (exact) mass is 434 g/mol. The van der Waals surface area contributed by atoms with Crippen LogP contribution in [0.2, 0.25) is 0 Å². The van der Waals surface area contributed by atoms with Crippen molar-refractivity contribution < 1.29 is 14.4 Å². The third kappa shape index (κ3) is 3.50. The molecule has 3 unspecified atom stereocenters. The van der Waals surface area contributed by atoms with E-state index in [4.69, 9.17) is 0 Å². The van der Waals surface area contributed by atoms with E-state index in [-0.39, 0.29) is 23.7 Å². The quantitative estimate of drug-likeness (QED) is 0.630. The smallest absolute Gasteiger partial charge is 0.248 e. The molecule has 7 nitrogen and oxygen atoms in total. The molecule has 0 bridgehead atoms. The largest absolute Gasteiger partial charge is 0.309 e. The summed E-state index contributed by atoms with van der Waals surface area (Å²) in [5, 5.41) is 3.59. The van der Waals surface area contributed by atoms with Crippen LogP contribution < -0.4 is 5.32 Å². The molecule has 1 N–H and O–H groups in total. The second kappa shape index (κ2) is 7.85. The van der Waals surface area contributed by atoms with Crippen molar-refractivity contribution in [3.8, 4) is 10.6 Å². The summed E-state index contributed by atoms with van der Waals surface area (Å²) in [4.78, 5) is 48.3. The van der Waals surface area contributed by atoms with Gasteiger partial charge in [-0.2, -0.15) is 0 Å². The molecule has 8 heteroatoms. The minimum atomic E-state index is -0.865. The summed E-state index contributed by atoms with van der Waals surface area (Å²) in [5.74, 6) is -0.989. The van der Waals surface area contributed by atoms with Crippen LogP contribution in [0, 0.1) is 11.8 Å². The average Bonchev–Trinajstić information content (AvgIpc) is 3.33. The van der Waals surface area contributed by atoms with Gasteiger partial charge in [0.2, 0.25) is 17.7 Å². The number of rotatable bonds is 4. The van der Waals surface area contributed by atoms with Crippen LogP contribution in [-0.4, -0.2) is 38.6 Å². The fraction of sp³-hybridized carbons (Fsp3) is 0.348. The van der Waals surface area contributed by atoms with Crippen LogP contribution in [0.25, 0.3) is 20.8 Å². The van der Waals surface area contributed by atoms with Gasteiger partial charge in [0.15, 0.2) is 0 Å². The molecule has 1 aliphatic heterocycles. The first-order valence-electron chi connectivity index (χ1n) is 10.5. The van der Waals surface area contributed by atoms with Crippen molar-refractivity contribution in [2.45, 2.75) is 38.6 Å². The van der Waals surface area contributed by atoms with E-state index in [1.807, 2.05) is 30.3 Å². The summed E-state index contributed by atoms with van der Waals surface area (Å²) in [7, 11) is 0. The minimum absolute atomic E-state index is 0.212. The maximum absolute atomic E-state index is 12.8. The van der Waals surface area contributed by atoms with Crippen LogP contribution in [0.5, 0.6) is 0 Å². The first-order chi connectivity index (χ1) is 15.0. The van der Waals surface area contributed by atoms with E-state index in [2.05, 4.69) is 15.3 Å². The number of benzene rings is 1. The van der Waals surface area contributed by atoms with E-state index < -0.39 is 11.9 Å². The number of fused-ring (bicyclic) bond motifs is 2. The predicted molar refractivity (Wildman–Crippen MR) is 118 cm³/mol. The number of carbonyl (C=O) groups is 3. The van der Waals surface area contributed by atoms with Crippen molar-refractivity contribution in [2.75, 3.05) is 5.32 Å². The Morgan fingerprint density at radius 3 is 2.45 bits per heavy atom. The number of hydrogen-bond donors (Lipinski definition) is 1. The lowest BCUT2D eigenvalue weighted by atomic mass is 9.81. The van der Waals surface area contributed by atoms with Crippen molar-refractivity contribution >= 4 is 45.1 Å². The van der Waals surface area contributed by atoms with Crippen molar-refractivity contribution in [3.05, 3.63) is 42.6 Å². The summed E-state index contributed by atoms with van der Waals surface area (Å²) in [6.45, 7) is 1.60. The molecule has 0 spiro atoms. The van der Waals surface area contributed by atoms with Crippen molar-refractivity contribution in [3.63, 3.8) is 0 Å². The number of anilines is 1. The van der Waals surface area contributed by atoms with Gasteiger partial charge in [0.1, 0.15) is 16.9 Å². The number of carbonyl (C=O) groups excluding carboxylic acids is 3. The number of pyridine rings is 1. The van der Waals surface area contributed by atoms with Gasteiger partial charge >= 0.3 is 0 Å². The number of hydrogen-bond acceptors (Lipinski definition) is 6. The van der Waals surface area contributed by atoms with E-state index in [0.717, 1.165) is 51.4 Å². The molecule has 1 aliphatic carbocycles. The molecular formula is C23H22N4O3S. The molecule has 3 heterocycles. The van der Waals surface area contributed by atoms with Gasteiger partial charge in [-0.15, -0.1) is 11.3 Å². The Morgan fingerprint density at radius 1 is 1.10 bits per heavy atom. The lowest BCUT2D eigenvalue weighted by Gasteiger charge is -2.22. The van der Waals surface area contributed by atoms with E-state index >= 15 is 0 Å². The summed E-state index contributed by atoms with van der Waals surface area (Å²) in [5.41, 5.74) is 1.80. The van der Waals surface area contributed by atoms with E-state index in [9.17, 15) is 14.4 Å². The number of para-hydroxylation sites is 1. The van der Waals surface area contributed by atoms with Crippen LogP contribution in [0.1, 0.15) is 32.6 Å². The molecule has 31 heavy (non-hydrogen) atoms. The summed E-state index contributed by atoms with van der Waals surface area (Å²) in [6, 6.07) is 10.6. The zero-order valence-corrected chi connectivity index (χ0v) is 17.9. The predicted octanol–water partition coefficient (Wildman–Crippen LogP) is 3.86. The third-order valence-corrected chi connectivity index (χ3v) is 7.28. The van der Waals surface area contributed by atoms with Gasteiger partial charge in [0.25, 0.3) is 0 Å². The molecule has 1 saturated heterocycles. The van der Waals surface area contributed by atoms with Crippen molar-refractivity contribution in [2.24, 2.45) is 11.8 Å². The molecular weight excluding hydrogens is 412 g/mol. The molecule has 3 amide bonds. The second-order valence-electron chi connectivity index (χ2n) is 8.13. The van der Waals surface area contributed by atoms with Crippen LogP contribution >= 0.6 is 11.3 Å². The van der Waals surface area contributed by atoms with Crippen molar-refractivity contribution in [1.29, 1.82) is 0 Å². The highest BCUT2D eigenvalue weighted by molar-refractivity contribution is 7.21. The maximum Gasteiger partial charge on any atom is 0.248 e. The zero-order valence-electron chi connectivity index (χ0n) is 17.1. The number of imide groups is 1. The van der Waals surface area contributed by atoms with Gasteiger partial charge in [-0.3, -0.25) is 19.3 Å². The Bertz CT molecular complexity index is 1120. The molecule has 0 radical (unpaired) electrons. The Hall–Kier alpha value is -3.13. The number of amides is 3. The number of aromatic nitrogens is 2. The van der Waals surface area contributed by atoms with Gasteiger partial charge in [0, 0.05) is 11.8 Å². The Labute approximate surface area is 183 Å². The SMILES string of the molecule is CC(C(=O)Nc1ccc(-c2nc3ccccc3s2)cn1)N1C(=O)C2CCCCC2C1=O. The lowest BCUT2D eigenvalue weighted by molar-refractivity contribution is -0.146. The van der Waals surface area contributed by atoms with Gasteiger partial charge < -0.3 is 5.32 Å². The second-order valence-corrected chi connectivity index (χ2v) is 9.16. The summed E-state index contributed by atoms with van der Waals surface area (Å²) in [6.07, 6.45) is 5.04. The molecule has 3 aromatic rings. The molecule has 1 aromatic carbocycles. The average molecular weight is 435 g/mol. The fourth-order valence-electron chi connectivity index (χ4n) is 4.51. The van der Waals surface area contributed by atoms with Crippen molar-refractivity contribution in [1.82, 2.24) is 14.9 Å². The van der Waals surface area contributed by atoms with Crippen LogP contribution in [-0.2, 0) is 14.4 Å². The normalized spacial score (nSPS) is 21.9. The third-order valence-electron chi connectivity index (χ3n) is 6.20. The standard InChI is InChI=1S/C23H22N4O3S/c1-13(27-22(29)15-6-2-3-7-16(15)23(27)30)20(28)26-19-11-10-14(12-24-19)21-25-17-8-4-5-9-18(17)31-21/h4-5,8-13,15-16H,2-3,6-7H2,1H3,(H,24,26,28). The highest BCUT2D eigenvalue weighted by atomic mass is 32.1. The Balaban J connectivity index is 1.29. The van der Waals surface area contributed by atoms with Gasteiger partial charge in [-0.1, -0.05) is 25.0 Å². The fourth-order valence-corrected chi connectivity index (χ4v) is 5.46. The first-order valence-corrected chi connectivity index (χ1v) is 11.3. The Morgan fingerprint density at radius 2 is 1.81 bits per heavy atom. The Kier molecular flexibility index (Phi) is 5.02. The molecule has 2 fully saturated rings. The first kappa shape index (κ1) is 19.8. The highest BCUT2D eigenvalue weighted by Gasteiger charge is 2.50. The van der Waals surface area contributed by atoms with E-state index in [1.54, 1.807) is 30.5 Å². The number of thiazole rings is 1. The minimum Gasteiger partial charge on any atom is -0.309 e. The maximum atomic E-state index is 12.8. The summed E-state index contributed by atoms with van der Waals surface area (Å²) < 4.78 is 1.10. The molecule has 2 aromatic heterocycles. The number of nitrogens with zero attached hydrogens (tertiary/aromatic N) is 3. The van der Waals surface area contributed by atoms with Gasteiger partial charge in [-0.05, 0) is 44.0 Å². The van der Waals surface area contributed by atoms with Gasteiger partial charge in [0.05, 0.1) is 22.1 Å². The lowest BCUT2D eigenvalue weighted by Crippen LogP contribution is -2.46. The molecule has 1 saturated carbocycles. The molecule has 3 atom stereocenters. The topological polar surface area (TPSA) is 92.3 Å². The molecule has 5 rings (SSSR count). The van der Waals surface area contributed by atoms with Gasteiger partial charge in [-0.25, -0.2) is 9.97 Å². The number of nitrogens with one attached hydrogen (secondary N) is 1. The molecule has 2 aliphatic rings. The highest BCUT2D eigenvalue weighted by Crippen LogP contribution is 2.39. The van der Waals surface area contributed by atoms with E-state index in [0.29, 0.717) is 5.82 Å². The zero-order chi connectivity index (χ0) is 21.5.